The number of carbonyl (C=O) groups is 1. The highest BCUT2D eigenvalue weighted by molar-refractivity contribution is 8.00. The summed E-state index contributed by atoms with van der Waals surface area (Å²) in [6.45, 7) is 4.28. The van der Waals surface area contributed by atoms with Crippen LogP contribution >= 0.6 is 11.8 Å². The van der Waals surface area contributed by atoms with Crippen molar-refractivity contribution in [2.75, 3.05) is 31.9 Å². The van der Waals surface area contributed by atoms with E-state index in [4.69, 9.17) is 0 Å². The zero-order valence-corrected chi connectivity index (χ0v) is 16.6. The van der Waals surface area contributed by atoms with Crippen LogP contribution in [0.2, 0.25) is 0 Å². The number of amides is 1. The highest BCUT2D eigenvalue weighted by Crippen LogP contribution is 2.22. The molecule has 1 aliphatic rings. The first-order chi connectivity index (χ1) is 13.7. The van der Waals surface area contributed by atoms with E-state index in [1.165, 1.54) is 28.1 Å². The van der Waals surface area contributed by atoms with Gasteiger partial charge in [-0.15, -0.1) is 11.8 Å². The van der Waals surface area contributed by atoms with E-state index in [1.54, 1.807) is 12.1 Å². The predicted molar refractivity (Wildman–Crippen MR) is 115 cm³/mol. The van der Waals surface area contributed by atoms with Crippen LogP contribution in [0.15, 0.2) is 71.6 Å². The molecule has 4 rings (SSSR count). The number of phenolic OH excluding ortho intramolecular Hbond substituents is 1. The smallest absolute Gasteiger partial charge is 0.233 e. The van der Waals surface area contributed by atoms with Crippen molar-refractivity contribution in [2.24, 2.45) is 0 Å². The van der Waals surface area contributed by atoms with E-state index < -0.39 is 0 Å². The number of aromatic hydroxyl groups is 1. The molecule has 1 heterocycles. The van der Waals surface area contributed by atoms with E-state index in [0.717, 1.165) is 37.6 Å². The van der Waals surface area contributed by atoms with E-state index in [-0.39, 0.29) is 11.7 Å². The highest BCUT2D eigenvalue weighted by Gasteiger charge is 2.21. The van der Waals surface area contributed by atoms with Gasteiger partial charge in [0.05, 0.1) is 5.75 Å². The molecule has 3 aromatic carbocycles. The maximum absolute atomic E-state index is 12.5. The van der Waals surface area contributed by atoms with Crippen LogP contribution in [0, 0.1) is 0 Å². The van der Waals surface area contributed by atoms with Crippen LogP contribution < -0.4 is 0 Å². The van der Waals surface area contributed by atoms with Gasteiger partial charge >= 0.3 is 0 Å². The second-order valence-corrected chi connectivity index (χ2v) is 8.13. The lowest BCUT2D eigenvalue weighted by Crippen LogP contribution is -2.48. The van der Waals surface area contributed by atoms with Gasteiger partial charge in [-0.25, -0.2) is 0 Å². The summed E-state index contributed by atoms with van der Waals surface area (Å²) < 4.78 is 0. The molecular weight excluding hydrogens is 368 g/mol. The van der Waals surface area contributed by atoms with Gasteiger partial charge in [-0.05, 0) is 40.6 Å². The number of rotatable bonds is 5. The maximum Gasteiger partial charge on any atom is 0.233 e. The molecule has 3 aromatic rings. The van der Waals surface area contributed by atoms with Gasteiger partial charge in [0.25, 0.3) is 0 Å². The van der Waals surface area contributed by atoms with Crippen molar-refractivity contribution >= 4 is 28.4 Å². The Hall–Kier alpha value is -2.50. The minimum Gasteiger partial charge on any atom is -0.508 e. The number of thioether (sulfide) groups is 1. The molecule has 0 atom stereocenters. The number of hydrogen-bond acceptors (Lipinski definition) is 4. The fourth-order valence-corrected chi connectivity index (χ4v) is 4.41. The Balaban J connectivity index is 1.29. The third-order valence-corrected chi connectivity index (χ3v) is 6.19. The van der Waals surface area contributed by atoms with Crippen LogP contribution in [0.5, 0.6) is 5.75 Å². The average Bonchev–Trinajstić information content (AvgIpc) is 2.74. The Bertz CT molecular complexity index is 945. The summed E-state index contributed by atoms with van der Waals surface area (Å²) in [5.74, 6) is 0.870. The van der Waals surface area contributed by atoms with E-state index in [0.29, 0.717) is 5.75 Å². The number of hydrogen-bond donors (Lipinski definition) is 1. The Labute approximate surface area is 169 Å². The summed E-state index contributed by atoms with van der Waals surface area (Å²) in [5, 5.41) is 11.9. The molecule has 5 heteroatoms. The summed E-state index contributed by atoms with van der Waals surface area (Å²) in [6.07, 6.45) is 0. The third-order valence-electron chi connectivity index (χ3n) is 5.20. The minimum absolute atomic E-state index is 0.183. The zero-order valence-electron chi connectivity index (χ0n) is 15.8. The number of nitrogens with zero attached hydrogens (tertiary/aromatic N) is 2. The van der Waals surface area contributed by atoms with Crippen LogP contribution in [-0.4, -0.2) is 52.7 Å². The molecule has 0 radical (unpaired) electrons. The van der Waals surface area contributed by atoms with Gasteiger partial charge < -0.3 is 10.0 Å². The normalized spacial score (nSPS) is 15.1. The van der Waals surface area contributed by atoms with Crippen molar-refractivity contribution in [3.05, 3.63) is 72.3 Å². The number of piperazine rings is 1. The number of fused-ring (bicyclic) bond motifs is 1. The zero-order chi connectivity index (χ0) is 19.3. The van der Waals surface area contributed by atoms with Crippen LogP contribution in [0.1, 0.15) is 5.56 Å². The van der Waals surface area contributed by atoms with Crippen molar-refractivity contribution < 1.29 is 9.90 Å². The van der Waals surface area contributed by atoms with Crippen LogP contribution in [0.4, 0.5) is 0 Å². The Kier molecular flexibility index (Phi) is 5.84. The molecule has 0 aromatic heterocycles. The SMILES string of the molecule is O=C(CSc1ccc(O)cc1)N1CCN(Cc2cccc3ccccc23)CC1. The molecule has 1 N–H and O–H groups in total. The van der Waals surface area contributed by atoms with Crippen LogP contribution in [-0.2, 0) is 11.3 Å². The number of carbonyl (C=O) groups excluding carboxylic acids is 1. The molecule has 0 aliphatic carbocycles. The molecule has 1 fully saturated rings. The quantitative estimate of drug-likeness (QED) is 0.667. The van der Waals surface area contributed by atoms with Crippen molar-refractivity contribution in [1.29, 1.82) is 0 Å². The summed E-state index contributed by atoms with van der Waals surface area (Å²) >= 11 is 1.52. The molecule has 1 aliphatic heterocycles. The Morgan fingerprint density at radius 1 is 0.893 bits per heavy atom. The second-order valence-electron chi connectivity index (χ2n) is 7.08. The Morgan fingerprint density at radius 2 is 1.61 bits per heavy atom. The van der Waals surface area contributed by atoms with E-state index >= 15 is 0 Å². The molecule has 1 amide bonds. The molecular formula is C23H24N2O2S. The fourth-order valence-electron chi connectivity index (χ4n) is 3.61. The average molecular weight is 393 g/mol. The minimum atomic E-state index is 0.183. The first-order valence-corrected chi connectivity index (χ1v) is 10.6. The maximum atomic E-state index is 12.5. The lowest BCUT2D eigenvalue weighted by Gasteiger charge is -2.35. The standard InChI is InChI=1S/C23H24N2O2S/c26-20-8-10-21(11-9-20)28-17-23(27)25-14-12-24(13-15-25)16-19-6-3-5-18-4-1-2-7-22(18)19/h1-11,26H,12-17H2. The van der Waals surface area contributed by atoms with Crippen molar-refractivity contribution in [3.63, 3.8) is 0 Å². The molecule has 0 unspecified atom stereocenters. The lowest BCUT2D eigenvalue weighted by atomic mass is 10.0. The van der Waals surface area contributed by atoms with Gasteiger partial charge in [-0.3, -0.25) is 9.69 Å². The molecule has 144 valence electrons. The Morgan fingerprint density at radius 3 is 2.39 bits per heavy atom. The highest BCUT2D eigenvalue weighted by atomic mass is 32.2. The van der Waals surface area contributed by atoms with Gasteiger partial charge in [0.1, 0.15) is 5.75 Å². The van der Waals surface area contributed by atoms with Crippen LogP contribution in [0.3, 0.4) is 0 Å². The molecule has 0 saturated carbocycles. The predicted octanol–water partition coefficient (Wildman–Crippen LogP) is 3.98. The molecule has 0 spiro atoms. The molecule has 1 saturated heterocycles. The second kappa shape index (κ2) is 8.67. The van der Waals surface area contributed by atoms with Gasteiger partial charge in [0.15, 0.2) is 0 Å². The number of benzene rings is 3. The van der Waals surface area contributed by atoms with Gasteiger partial charge in [-0.1, -0.05) is 42.5 Å². The summed E-state index contributed by atoms with van der Waals surface area (Å²) in [5.41, 5.74) is 1.35. The van der Waals surface area contributed by atoms with E-state index in [9.17, 15) is 9.90 Å². The van der Waals surface area contributed by atoms with Crippen molar-refractivity contribution in [3.8, 4) is 5.75 Å². The largest absolute Gasteiger partial charge is 0.508 e. The molecule has 4 nitrogen and oxygen atoms in total. The van der Waals surface area contributed by atoms with Crippen molar-refractivity contribution in [1.82, 2.24) is 9.80 Å². The number of phenols is 1. The first kappa shape index (κ1) is 18.8. The summed E-state index contributed by atoms with van der Waals surface area (Å²) in [6, 6.07) is 22.0. The van der Waals surface area contributed by atoms with E-state index in [2.05, 4.69) is 47.4 Å². The lowest BCUT2D eigenvalue weighted by molar-refractivity contribution is -0.130. The monoisotopic (exact) mass is 392 g/mol. The summed E-state index contributed by atoms with van der Waals surface area (Å²) in [4.78, 5) is 17.9. The van der Waals surface area contributed by atoms with Crippen molar-refractivity contribution in [2.45, 2.75) is 11.4 Å². The van der Waals surface area contributed by atoms with Gasteiger partial charge in [0.2, 0.25) is 5.91 Å². The van der Waals surface area contributed by atoms with Crippen LogP contribution in [0.25, 0.3) is 10.8 Å². The van der Waals surface area contributed by atoms with E-state index in [1.807, 2.05) is 17.0 Å². The van der Waals surface area contributed by atoms with Gasteiger partial charge in [0, 0.05) is 37.6 Å². The third kappa shape index (κ3) is 4.49. The molecule has 28 heavy (non-hydrogen) atoms. The molecule has 0 bridgehead atoms. The fraction of sp³-hybridized carbons (Fsp3) is 0.261. The first-order valence-electron chi connectivity index (χ1n) is 9.58. The van der Waals surface area contributed by atoms with Gasteiger partial charge in [-0.2, -0.15) is 0 Å². The summed E-state index contributed by atoms with van der Waals surface area (Å²) in [7, 11) is 0. The topological polar surface area (TPSA) is 43.8 Å².